The number of benzene rings is 3. The summed E-state index contributed by atoms with van der Waals surface area (Å²) < 4.78 is 5.68. The Bertz CT molecular complexity index is 1130. The number of rotatable bonds is 9. The van der Waals surface area contributed by atoms with Crippen LogP contribution in [0.5, 0.6) is 5.75 Å². The van der Waals surface area contributed by atoms with Gasteiger partial charge >= 0.3 is 5.97 Å². The van der Waals surface area contributed by atoms with E-state index in [1.165, 1.54) is 16.7 Å². The fraction of sp³-hybridized carbons (Fsp3) is 0.387. The Morgan fingerprint density at radius 1 is 1.06 bits per heavy atom. The summed E-state index contributed by atoms with van der Waals surface area (Å²) in [4.78, 5) is 14.6. The quantitative estimate of drug-likeness (QED) is 0.443. The van der Waals surface area contributed by atoms with Crippen molar-refractivity contribution in [2.75, 3.05) is 13.7 Å². The molecule has 0 amide bonds. The van der Waals surface area contributed by atoms with Crippen molar-refractivity contribution in [3.05, 3.63) is 101 Å². The molecule has 2 bridgehead atoms. The van der Waals surface area contributed by atoms with Crippen LogP contribution in [0, 0.1) is 5.92 Å². The molecule has 2 unspecified atom stereocenters. The van der Waals surface area contributed by atoms with Crippen LogP contribution in [0.3, 0.4) is 0 Å². The van der Waals surface area contributed by atoms with Gasteiger partial charge in [-0.3, -0.25) is 9.69 Å². The molecule has 188 valence electrons. The Labute approximate surface area is 214 Å². The second-order valence-corrected chi connectivity index (χ2v) is 10.1. The molecule has 3 aromatic rings. The zero-order valence-corrected chi connectivity index (χ0v) is 21.1. The average molecular weight is 485 g/mol. The highest BCUT2D eigenvalue weighted by molar-refractivity contribution is 5.74. The van der Waals surface area contributed by atoms with E-state index in [1.54, 1.807) is 7.11 Å². The lowest BCUT2D eigenvalue weighted by molar-refractivity contribution is -0.152. The third-order valence-corrected chi connectivity index (χ3v) is 8.17. The molecule has 0 aromatic heterocycles. The van der Waals surface area contributed by atoms with E-state index in [0.717, 1.165) is 30.7 Å². The predicted molar refractivity (Wildman–Crippen MR) is 142 cm³/mol. The molecule has 2 N–H and O–H groups in total. The van der Waals surface area contributed by atoms with Gasteiger partial charge in [0.1, 0.15) is 11.8 Å². The summed E-state index contributed by atoms with van der Waals surface area (Å²) in [6.07, 6.45) is 2.68. The highest BCUT2D eigenvalue weighted by Gasteiger charge is 2.52. The number of carboxylic acids is 1. The van der Waals surface area contributed by atoms with Gasteiger partial charge in [0, 0.05) is 30.1 Å². The third-order valence-electron chi connectivity index (χ3n) is 8.17. The van der Waals surface area contributed by atoms with Crippen molar-refractivity contribution >= 4 is 5.97 Å². The molecule has 0 spiro atoms. The Balaban J connectivity index is 1.54. The molecule has 36 heavy (non-hydrogen) atoms. The Kier molecular flexibility index (Phi) is 7.40. The minimum absolute atomic E-state index is 0.0313. The largest absolute Gasteiger partial charge is 0.496 e. The van der Waals surface area contributed by atoms with Gasteiger partial charge in [-0.15, -0.1) is 0 Å². The van der Waals surface area contributed by atoms with Crippen LogP contribution in [0.15, 0.2) is 78.9 Å². The smallest absolute Gasteiger partial charge is 0.320 e. The maximum absolute atomic E-state index is 12.3. The molecule has 6 rings (SSSR count). The number of carbonyl (C=O) groups is 1. The molecule has 3 aromatic carbocycles. The average Bonchev–Trinajstić information content (AvgIpc) is 2.93. The van der Waals surface area contributed by atoms with Gasteiger partial charge in [-0.1, -0.05) is 79.7 Å². The molecule has 0 radical (unpaired) electrons. The molecule has 0 saturated carbocycles. The number of nitrogens with one attached hydrogen (secondary N) is 1. The lowest BCUT2D eigenvalue weighted by Crippen LogP contribution is -2.69. The molecule has 5 atom stereocenters. The lowest BCUT2D eigenvalue weighted by Gasteiger charge is -2.56. The normalized spacial score (nSPS) is 25.1. The maximum atomic E-state index is 12.3. The van der Waals surface area contributed by atoms with Gasteiger partial charge in [0.2, 0.25) is 0 Å². The van der Waals surface area contributed by atoms with Crippen LogP contribution in [0.2, 0.25) is 0 Å². The summed E-state index contributed by atoms with van der Waals surface area (Å²) in [7, 11) is 1.72. The summed E-state index contributed by atoms with van der Waals surface area (Å²) in [5, 5.41) is 14.1. The molecule has 0 aliphatic carbocycles. The fourth-order valence-corrected chi connectivity index (χ4v) is 6.43. The number of hydrogen-bond acceptors (Lipinski definition) is 4. The van der Waals surface area contributed by atoms with E-state index in [1.807, 2.05) is 12.1 Å². The monoisotopic (exact) mass is 484 g/mol. The van der Waals surface area contributed by atoms with Crippen molar-refractivity contribution in [3.63, 3.8) is 0 Å². The predicted octanol–water partition coefficient (Wildman–Crippen LogP) is 5.10. The molecule has 3 heterocycles. The van der Waals surface area contributed by atoms with E-state index >= 15 is 0 Å². The van der Waals surface area contributed by atoms with Gasteiger partial charge in [0.05, 0.1) is 7.11 Å². The first-order valence-corrected chi connectivity index (χ1v) is 13.1. The minimum Gasteiger partial charge on any atom is -0.496 e. The minimum atomic E-state index is -0.708. The van der Waals surface area contributed by atoms with E-state index in [4.69, 9.17) is 4.74 Å². The van der Waals surface area contributed by atoms with Gasteiger partial charge in [0.25, 0.3) is 0 Å². The molecule has 3 fully saturated rings. The van der Waals surface area contributed by atoms with Gasteiger partial charge < -0.3 is 15.2 Å². The molecule has 5 heteroatoms. The summed E-state index contributed by atoms with van der Waals surface area (Å²) >= 11 is 0. The highest BCUT2D eigenvalue weighted by Crippen LogP contribution is 2.44. The maximum Gasteiger partial charge on any atom is 0.320 e. The second kappa shape index (κ2) is 10.9. The Hall–Kier alpha value is -3.15. The highest BCUT2D eigenvalue weighted by atomic mass is 16.5. The Morgan fingerprint density at radius 2 is 1.72 bits per heavy atom. The van der Waals surface area contributed by atoms with Crippen molar-refractivity contribution in [1.82, 2.24) is 10.2 Å². The summed E-state index contributed by atoms with van der Waals surface area (Å²) in [6.45, 7) is 3.67. The second-order valence-electron chi connectivity index (χ2n) is 10.1. The van der Waals surface area contributed by atoms with E-state index < -0.39 is 12.0 Å². The van der Waals surface area contributed by atoms with Crippen LogP contribution in [0.4, 0.5) is 0 Å². The van der Waals surface area contributed by atoms with E-state index in [2.05, 4.69) is 83.9 Å². The van der Waals surface area contributed by atoms with Gasteiger partial charge in [-0.25, -0.2) is 0 Å². The van der Waals surface area contributed by atoms with Gasteiger partial charge in [0.15, 0.2) is 0 Å². The number of carboxylic acid groups (broad SMARTS) is 1. The standard InChI is InChI=1S/C31H36N2O3/c1-3-21-14-15-27(36-2)25(18-21)20-32-29-24-16-17-33(26(19-24)31(34)35)30(29)28(22-10-6-4-7-11-22)23-12-8-5-9-13-23/h4-15,18,24,26,28-30,32H,3,16-17,19-20H2,1-2H3,(H,34,35)/t24-,26?,29-,30-/m0/s1. The van der Waals surface area contributed by atoms with Crippen LogP contribution < -0.4 is 10.1 Å². The van der Waals surface area contributed by atoms with Crippen LogP contribution in [-0.2, 0) is 17.8 Å². The fourth-order valence-electron chi connectivity index (χ4n) is 6.43. The van der Waals surface area contributed by atoms with Crippen molar-refractivity contribution in [1.29, 1.82) is 0 Å². The van der Waals surface area contributed by atoms with Crippen molar-refractivity contribution in [3.8, 4) is 5.75 Å². The summed E-state index contributed by atoms with van der Waals surface area (Å²) in [5.41, 5.74) is 4.89. The molecular weight excluding hydrogens is 448 g/mol. The number of piperidine rings is 3. The van der Waals surface area contributed by atoms with E-state index in [0.29, 0.717) is 18.9 Å². The molecule has 3 aliphatic heterocycles. The number of aliphatic carboxylic acids is 1. The number of fused-ring (bicyclic) bond motifs is 3. The number of nitrogens with zero attached hydrogens (tertiary/aromatic N) is 1. The number of ether oxygens (including phenoxy) is 1. The summed E-state index contributed by atoms with van der Waals surface area (Å²) in [6, 6.07) is 27.3. The number of hydrogen-bond donors (Lipinski definition) is 2. The Morgan fingerprint density at radius 3 is 2.31 bits per heavy atom. The van der Waals surface area contributed by atoms with Crippen molar-refractivity contribution < 1.29 is 14.6 Å². The molecule has 3 aliphatic rings. The number of methoxy groups -OCH3 is 1. The van der Waals surface area contributed by atoms with Crippen LogP contribution in [0.1, 0.15) is 47.9 Å². The van der Waals surface area contributed by atoms with Crippen LogP contribution in [0.25, 0.3) is 0 Å². The topological polar surface area (TPSA) is 61.8 Å². The first-order valence-electron chi connectivity index (χ1n) is 13.1. The zero-order chi connectivity index (χ0) is 25.1. The molecule has 3 saturated heterocycles. The SMILES string of the molecule is CCc1ccc(OC)c(CN[C@H]2[C@H]3CCN(C(C(=O)O)C3)[C@H]2C(c2ccccc2)c2ccccc2)c1. The van der Waals surface area contributed by atoms with Crippen molar-refractivity contribution in [2.24, 2.45) is 5.92 Å². The van der Waals surface area contributed by atoms with Crippen molar-refractivity contribution in [2.45, 2.75) is 56.8 Å². The zero-order valence-electron chi connectivity index (χ0n) is 21.1. The van der Waals surface area contributed by atoms with Crippen LogP contribution in [-0.4, -0.2) is 47.8 Å². The first-order chi connectivity index (χ1) is 17.6. The molecular formula is C31H36N2O3. The van der Waals surface area contributed by atoms with E-state index in [9.17, 15) is 9.90 Å². The van der Waals surface area contributed by atoms with Crippen LogP contribution >= 0.6 is 0 Å². The van der Waals surface area contributed by atoms with Gasteiger partial charge in [-0.2, -0.15) is 0 Å². The lowest BCUT2D eigenvalue weighted by atomic mass is 9.68. The number of aryl methyl sites for hydroxylation is 1. The van der Waals surface area contributed by atoms with Gasteiger partial charge in [-0.05, 0) is 54.5 Å². The first kappa shape index (κ1) is 24.5. The molecule has 5 nitrogen and oxygen atoms in total. The van der Waals surface area contributed by atoms with E-state index in [-0.39, 0.29) is 18.0 Å². The summed E-state index contributed by atoms with van der Waals surface area (Å²) in [5.74, 6) is 0.555. The third kappa shape index (κ3) is 4.78.